The summed E-state index contributed by atoms with van der Waals surface area (Å²) in [4.78, 5) is 24.7. The second-order valence-corrected chi connectivity index (χ2v) is 9.59. The molecule has 2 bridgehead atoms. The van der Waals surface area contributed by atoms with Crippen molar-refractivity contribution in [3.05, 3.63) is 41.6 Å². The van der Waals surface area contributed by atoms with Gasteiger partial charge in [-0.2, -0.15) is 13.2 Å². The zero-order valence-corrected chi connectivity index (χ0v) is 18.5. The molecule has 4 saturated carbocycles. The van der Waals surface area contributed by atoms with Gasteiger partial charge in [0.15, 0.2) is 12.2 Å². The molecule has 0 spiro atoms. The number of ether oxygens (including phenoxy) is 2. The van der Waals surface area contributed by atoms with E-state index in [2.05, 4.69) is 20.3 Å². The molecule has 194 valence electrons. The van der Waals surface area contributed by atoms with Gasteiger partial charge in [0.05, 0.1) is 16.4 Å². The molecule has 0 unspecified atom stereocenters. The van der Waals surface area contributed by atoms with Crippen LogP contribution in [0.1, 0.15) is 55.9 Å². The average Bonchev–Trinajstić information content (AvgIpc) is 3.16. The monoisotopic (exact) mass is 519 g/mol. The van der Waals surface area contributed by atoms with Crippen molar-refractivity contribution in [2.45, 2.75) is 62.1 Å². The van der Waals surface area contributed by atoms with Crippen LogP contribution in [0.15, 0.2) is 28.7 Å². The molecule has 6 rings (SSSR count). The van der Waals surface area contributed by atoms with Crippen LogP contribution in [0.3, 0.4) is 0 Å². The summed E-state index contributed by atoms with van der Waals surface area (Å²) in [7, 11) is 0. The predicted molar refractivity (Wildman–Crippen MR) is 105 cm³/mol. The number of alkyl halides is 6. The van der Waals surface area contributed by atoms with E-state index in [9.17, 15) is 35.9 Å². The largest absolute Gasteiger partial charge is 0.523 e. The van der Waals surface area contributed by atoms with Crippen LogP contribution in [-0.4, -0.2) is 35.0 Å². The summed E-state index contributed by atoms with van der Waals surface area (Å²) < 4.78 is 91.2. The summed E-state index contributed by atoms with van der Waals surface area (Å²) in [6.45, 7) is -0.577. The van der Waals surface area contributed by atoms with Gasteiger partial charge in [0.1, 0.15) is 5.75 Å². The van der Waals surface area contributed by atoms with E-state index in [0.29, 0.717) is 6.42 Å². The fraction of sp³-hybridized carbons (Fsp3) is 0.545. The summed E-state index contributed by atoms with van der Waals surface area (Å²) in [6.07, 6.45) is -7.76. The quantitative estimate of drug-likeness (QED) is 0.549. The molecule has 1 aromatic carbocycles. The highest BCUT2D eigenvalue weighted by atomic mass is 19.4. The molecule has 0 saturated heterocycles. The van der Waals surface area contributed by atoms with Gasteiger partial charge >= 0.3 is 12.5 Å². The Balaban J connectivity index is 1.13. The van der Waals surface area contributed by atoms with E-state index in [4.69, 9.17) is 9.15 Å². The Morgan fingerprint density at radius 3 is 2.11 bits per heavy atom. The molecule has 1 heterocycles. The standard InChI is InChI=1S/C22H19F6N3O5/c23-21(24,25)12-2-4-13(5-3-12)34-8-14(32)29-15(33)18-9-19(10-18,11-18)16-30-31-17(35-16)20(6-1-7-20)36-22(26,27)28/h2-5H,1,6-11H2,(H,29,32,33). The SMILES string of the molecule is O=C(COc1ccc(C(F)(F)F)cc1)NC(=O)C12CC(c3nnc(C4(OC(F)(F)F)CCC4)o3)(C1)C2. The number of aromatic nitrogens is 2. The van der Waals surface area contributed by atoms with Crippen molar-refractivity contribution in [1.82, 2.24) is 15.5 Å². The molecule has 0 radical (unpaired) electrons. The molecule has 14 heteroatoms. The molecule has 2 amide bonds. The van der Waals surface area contributed by atoms with E-state index in [1.807, 2.05) is 0 Å². The second-order valence-electron chi connectivity index (χ2n) is 9.59. The maximum Gasteiger partial charge on any atom is 0.523 e. The zero-order chi connectivity index (χ0) is 26.0. The average molecular weight is 519 g/mol. The van der Waals surface area contributed by atoms with E-state index in [-0.39, 0.29) is 49.6 Å². The molecule has 1 N–H and O–H groups in total. The molecule has 4 aliphatic carbocycles. The number of carbonyl (C=O) groups excluding carboxylic acids is 2. The van der Waals surface area contributed by atoms with Gasteiger partial charge in [-0.25, -0.2) is 0 Å². The Hall–Kier alpha value is -3.16. The minimum Gasteiger partial charge on any atom is -0.484 e. The van der Waals surface area contributed by atoms with Crippen LogP contribution in [0, 0.1) is 5.41 Å². The highest BCUT2D eigenvalue weighted by molar-refractivity contribution is 6.00. The summed E-state index contributed by atoms with van der Waals surface area (Å²) in [5, 5.41) is 9.90. The number of hydrogen-bond donors (Lipinski definition) is 1. The van der Waals surface area contributed by atoms with E-state index in [0.717, 1.165) is 24.3 Å². The Morgan fingerprint density at radius 2 is 1.58 bits per heavy atom. The Kier molecular flexibility index (Phi) is 5.40. The number of nitrogens with one attached hydrogen (secondary N) is 1. The summed E-state index contributed by atoms with van der Waals surface area (Å²) >= 11 is 0. The maximum absolute atomic E-state index is 12.8. The summed E-state index contributed by atoms with van der Waals surface area (Å²) in [6, 6.07) is 3.75. The normalized spacial score (nSPS) is 26.3. The van der Waals surface area contributed by atoms with E-state index in [1.54, 1.807) is 0 Å². The predicted octanol–water partition coefficient (Wildman–Crippen LogP) is 4.15. The summed E-state index contributed by atoms with van der Waals surface area (Å²) in [5.41, 5.74) is -4.02. The fourth-order valence-electron chi connectivity index (χ4n) is 5.14. The molecule has 0 atom stereocenters. The van der Waals surface area contributed by atoms with Gasteiger partial charge in [0.2, 0.25) is 17.7 Å². The molecule has 8 nitrogen and oxygen atoms in total. The highest BCUT2D eigenvalue weighted by Crippen LogP contribution is 2.73. The van der Waals surface area contributed by atoms with Gasteiger partial charge in [-0.1, -0.05) is 0 Å². The van der Waals surface area contributed by atoms with Crippen molar-refractivity contribution in [1.29, 1.82) is 0 Å². The molecule has 0 aliphatic heterocycles. The van der Waals surface area contributed by atoms with Crippen molar-refractivity contribution in [3.8, 4) is 5.75 Å². The lowest BCUT2D eigenvalue weighted by Crippen LogP contribution is -2.70. The topological polar surface area (TPSA) is 104 Å². The number of benzene rings is 1. The van der Waals surface area contributed by atoms with Crippen LogP contribution in [0.4, 0.5) is 26.3 Å². The number of halogens is 6. The fourth-order valence-corrected chi connectivity index (χ4v) is 5.14. The van der Waals surface area contributed by atoms with E-state index in [1.165, 1.54) is 0 Å². The van der Waals surface area contributed by atoms with Crippen LogP contribution in [0.25, 0.3) is 0 Å². The van der Waals surface area contributed by atoms with Crippen molar-refractivity contribution < 1.29 is 49.8 Å². The molecule has 4 aliphatic rings. The third-order valence-corrected chi connectivity index (χ3v) is 7.06. The van der Waals surface area contributed by atoms with Gasteiger partial charge in [-0.05, 0) is 62.8 Å². The Bertz CT molecular complexity index is 1170. The molecular weight excluding hydrogens is 500 g/mol. The van der Waals surface area contributed by atoms with Crippen molar-refractivity contribution in [2.24, 2.45) is 5.41 Å². The molecule has 2 aromatic rings. The first-order valence-electron chi connectivity index (χ1n) is 11.0. The maximum atomic E-state index is 12.8. The molecular formula is C22H19F6N3O5. The van der Waals surface area contributed by atoms with Crippen LogP contribution < -0.4 is 10.1 Å². The number of hydrogen-bond acceptors (Lipinski definition) is 7. The molecule has 4 fully saturated rings. The minimum atomic E-state index is -4.85. The third-order valence-electron chi connectivity index (χ3n) is 7.06. The lowest BCUT2D eigenvalue weighted by molar-refractivity contribution is -0.387. The number of carbonyl (C=O) groups is 2. The van der Waals surface area contributed by atoms with Crippen molar-refractivity contribution >= 4 is 11.8 Å². The smallest absolute Gasteiger partial charge is 0.484 e. The summed E-state index contributed by atoms with van der Waals surface area (Å²) in [5.74, 6) is -1.38. The third kappa shape index (κ3) is 4.20. The van der Waals surface area contributed by atoms with Gasteiger partial charge in [-0.3, -0.25) is 19.6 Å². The van der Waals surface area contributed by atoms with E-state index >= 15 is 0 Å². The molecule has 36 heavy (non-hydrogen) atoms. The molecule has 1 aromatic heterocycles. The van der Waals surface area contributed by atoms with Crippen molar-refractivity contribution in [2.75, 3.05) is 6.61 Å². The first-order valence-corrected chi connectivity index (χ1v) is 11.0. The number of nitrogens with zero attached hydrogens (tertiary/aromatic N) is 2. The van der Waals surface area contributed by atoms with Crippen LogP contribution >= 0.6 is 0 Å². The Labute approximate surface area is 199 Å². The number of imide groups is 1. The first kappa shape index (κ1) is 24.5. The van der Waals surface area contributed by atoms with Crippen LogP contribution in [-0.2, 0) is 31.5 Å². The first-order chi connectivity index (χ1) is 16.7. The number of rotatable bonds is 7. The van der Waals surface area contributed by atoms with Crippen molar-refractivity contribution in [3.63, 3.8) is 0 Å². The van der Waals surface area contributed by atoms with E-state index < -0.39 is 53.0 Å². The highest BCUT2D eigenvalue weighted by Gasteiger charge is 2.74. The van der Waals surface area contributed by atoms with Gasteiger partial charge in [-0.15, -0.1) is 23.4 Å². The zero-order valence-electron chi connectivity index (χ0n) is 18.5. The minimum absolute atomic E-state index is 0.0287. The van der Waals surface area contributed by atoms with Gasteiger partial charge in [0, 0.05) is 0 Å². The number of amides is 2. The second kappa shape index (κ2) is 7.92. The Morgan fingerprint density at radius 1 is 0.972 bits per heavy atom. The van der Waals surface area contributed by atoms with Crippen LogP contribution in [0.5, 0.6) is 5.75 Å². The van der Waals surface area contributed by atoms with Gasteiger partial charge < -0.3 is 9.15 Å². The van der Waals surface area contributed by atoms with Gasteiger partial charge in [0.25, 0.3) is 5.91 Å². The lowest BCUT2D eigenvalue weighted by Gasteiger charge is -2.67. The van der Waals surface area contributed by atoms with Crippen LogP contribution in [0.2, 0.25) is 0 Å². The lowest BCUT2D eigenvalue weighted by atomic mass is 9.34.